The highest BCUT2D eigenvalue weighted by atomic mass is 32.2. The minimum absolute atomic E-state index is 0.147. The van der Waals surface area contributed by atoms with Crippen molar-refractivity contribution in [3.63, 3.8) is 0 Å². The van der Waals surface area contributed by atoms with Crippen LogP contribution in [0, 0.1) is 0 Å². The molecule has 1 aromatic carbocycles. The van der Waals surface area contributed by atoms with E-state index in [1.165, 1.54) is 4.31 Å². The number of anilines is 2. The van der Waals surface area contributed by atoms with Crippen molar-refractivity contribution in [2.75, 3.05) is 16.7 Å². The molecule has 8 nitrogen and oxygen atoms in total. The second kappa shape index (κ2) is 7.73. The van der Waals surface area contributed by atoms with Crippen molar-refractivity contribution in [1.82, 2.24) is 14.3 Å². The van der Waals surface area contributed by atoms with Gasteiger partial charge in [0.25, 0.3) is 0 Å². The number of aromatic nitrogens is 2. The van der Waals surface area contributed by atoms with E-state index < -0.39 is 10.2 Å². The fraction of sp³-hybridized carbons (Fsp3) is 0.333. The summed E-state index contributed by atoms with van der Waals surface area (Å²) in [5.41, 5.74) is 3.03. The Labute approximate surface area is 176 Å². The maximum Gasteiger partial charge on any atom is 0.301 e. The van der Waals surface area contributed by atoms with Crippen LogP contribution in [0.3, 0.4) is 0 Å². The van der Waals surface area contributed by atoms with Gasteiger partial charge < -0.3 is 4.98 Å². The van der Waals surface area contributed by atoms with E-state index in [4.69, 9.17) is 0 Å². The minimum atomic E-state index is -3.62. The Morgan fingerprint density at radius 2 is 1.90 bits per heavy atom. The molecule has 2 N–H and O–H groups in total. The number of rotatable bonds is 8. The molecular weight excluding hydrogens is 402 g/mol. The number of aromatic amines is 1. The quantitative estimate of drug-likeness (QED) is 0.539. The minimum Gasteiger partial charge on any atom is -0.346 e. The van der Waals surface area contributed by atoms with Crippen molar-refractivity contribution < 1.29 is 13.2 Å². The summed E-state index contributed by atoms with van der Waals surface area (Å²) in [5.74, 6) is 0.612. The molecule has 1 aliphatic rings. The summed E-state index contributed by atoms with van der Waals surface area (Å²) in [6, 6.07) is 11.1. The van der Waals surface area contributed by atoms with Gasteiger partial charge in [-0.05, 0) is 62.1 Å². The maximum atomic E-state index is 12.4. The van der Waals surface area contributed by atoms with E-state index >= 15 is 0 Å². The maximum absolute atomic E-state index is 12.4. The zero-order chi connectivity index (χ0) is 21.5. The Morgan fingerprint density at radius 1 is 1.20 bits per heavy atom. The second-order valence-corrected chi connectivity index (χ2v) is 9.54. The lowest BCUT2D eigenvalue weighted by Crippen LogP contribution is -2.37. The Bertz CT molecular complexity index is 1170. The van der Waals surface area contributed by atoms with Gasteiger partial charge in [0.2, 0.25) is 6.41 Å². The molecule has 4 rings (SSSR count). The number of nitrogens with one attached hydrogen (secondary N) is 2. The van der Waals surface area contributed by atoms with Crippen molar-refractivity contribution >= 4 is 39.2 Å². The van der Waals surface area contributed by atoms with E-state index in [-0.39, 0.29) is 12.1 Å². The van der Waals surface area contributed by atoms with Crippen LogP contribution in [-0.2, 0) is 15.0 Å². The van der Waals surface area contributed by atoms with Gasteiger partial charge in [0.1, 0.15) is 11.5 Å². The van der Waals surface area contributed by atoms with Crippen LogP contribution in [0.25, 0.3) is 22.2 Å². The van der Waals surface area contributed by atoms with E-state index in [9.17, 15) is 13.2 Å². The molecule has 1 fully saturated rings. The Balaban J connectivity index is 1.67. The molecule has 0 radical (unpaired) electrons. The lowest BCUT2D eigenvalue weighted by atomic mass is 10.0. The molecule has 0 bridgehead atoms. The zero-order valence-electron chi connectivity index (χ0n) is 17.2. The van der Waals surface area contributed by atoms with Gasteiger partial charge in [-0.15, -0.1) is 0 Å². The Morgan fingerprint density at radius 3 is 2.50 bits per heavy atom. The van der Waals surface area contributed by atoms with Gasteiger partial charge in [-0.2, -0.15) is 12.7 Å². The first kappa shape index (κ1) is 20.4. The molecule has 1 aliphatic carbocycles. The molecule has 158 valence electrons. The van der Waals surface area contributed by atoms with Crippen molar-refractivity contribution in [3.05, 3.63) is 42.6 Å². The van der Waals surface area contributed by atoms with Crippen molar-refractivity contribution in [3.8, 4) is 11.1 Å². The lowest BCUT2D eigenvalue weighted by molar-refractivity contribution is -0.107. The van der Waals surface area contributed by atoms with Crippen LogP contribution in [-0.4, -0.2) is 48.2 Å². The van der Waals surface area contributed by atoms with Gasteiger partial charge in [-0.3, -0.25) is 14.4 Å². The van der Waals surface area contributed by atoms with Gasteiger partial charge in [0.05, 0.1) is 0 Å². The molecule has 2 aromatic heterocycles. The molecule has 30 heavy (non-hydrogen) atoms. The van der Waals surface area contributed by atoms with Crippen molar-refractivity contribution in [1.29, 1.82) is 0 Å². The third-order valence-electron chi connectivity index (χ3n) is 5.38. The molecule has 2 heterocycles. The van der Waals surface area contributed by atoms with Gasteiger partial charge >= 0.3 is 10.2 Å². The molecule has 1 amide bonds. The summed E-state index contributed by atoms with van der Waals surface area (Å²) in [7, 11) is -2.07. The van der Waals surface area contributed by atoms with E-state index in [2.05, 4.69) is 14.7 Å². The largest absolute Gasteiger partial charge is 0.346 e. The highest BCUT2D eigenvalue weighted by Crippen LogP contribution is 2.35. The van der Waals surface area contributed by atoms with Crippen LogP contribution in [0.15, 0.2) is 42.6 Å². The summed E-state index contributed by atoms with van der Waals surface area (Å²) in [6.07, 6.45) is 4.62. The number of nitrogens with zero attached hydrogens (tertiary/aromatic N) is 3. The third kappa shape index (κ3) is 3.90. The number of H-pyrrole nitrogens is 1. The number of amides is 1. The van der Waals surface area contributed by atoms with Crippen LogP contribution in [0.4, 0.5) is 11.5 Å². The SMILES string of the molecule is CC(C)N(C)S(=O)(=O)Nc1ccc(-c2cc(N(C=O)C3CC3)nc3[nH]ccc23)cc1. The van der Waals surface area contributed by atoms with Crippen LogP contribution in [0.2, 0.25) is 0 Å². The predicted octanol–water partition coefficient (Wildman–Crippen LogP) is 3.35. The fourth-order valence-electron chi connectivity index (χ4n) is 3.29. The van der Waals surface area contributed by atoms with E-state index in [0.29, 0.717) is 17.2 Å². The predicted molar refractivity (Wildman–Crippen MR) is 119 cm³/mol. The third-order valence-corrected chi connectivity index (χ3v) is 7.06. The molecule has 0 spiro atoms. The lowest BCUT2D eigenvalue weighted by Gasteiger charge is -2.21. The highest BCUT2D eigenvalue weighted by Gasteiger charge is 2.30. The number of hydrogen-bond acceptors (Lipinski definition) is 4. The van der Waals surface area contributed by atoms with Crippen molar-refractivity contribution in [2.45, 2.75) is 38.8 Å². The van der Waals surface area contributed by atoms with Crippen LogP contribution in [0.5, 0.6) is 0 Å². The fourth-order valence-corrected chi connectivity index (χ4v) is 4.42. The number of carbonyl (C=O) groups is 1. The van der Waals surface area contributed by atoms with Gasteiger partial charge in [0.15, 0.2) is 0 Å². The van der Waals surface area contributed by atoms with Crippen LogP contribution >= 0.6 is 0 Å². The molecular formula is C21H25N5O3S. The summed E-state index contributed by atoms with van der Waals surface area (Å²) in [4.78, 5) is 21.0. The van der Waals surface area contributed by atoms with Gasteiger partial charge in [-0.1, -0.05) is 12.1 Å². The first-order chi connectivity index (χ1) is 14.3. The molecule has 0 aliphatic heterocycles. The Kier molecular flexibility index (Phi) is 5.25. The number of hydrogen-bond donors (Lipinski definition) is 2. The average molecular weight is 428 g/mol. The van der Waals surface area contributed by atoms with Crippen LogP contribution < -0.4 is 9.62 Å². The monoisotopic (exact) mass is 427 g/mol. The normalized spacial score (nSPS) is 14.4. The van der Waals surface area contributed by atoms with Gasteiger partial charge in [-0.25, -0.2) is 4.98 Å². The molecule has 1 saturated carbocycles. The van der Waals surface area contributed by atoms with Crippen LogP contribution in [0.1, 0.15) is 26.7 Å². The average Bonchev–Trinajstić information content (AvgIpc) is 3.43. The Hall–Kier alpha value is -2.91. The summed E-state index contributed by atoms with van der Waals surface area (Å²) < 4.78 is 28.7. The topological polar surface area (TPSA) is 98.4 Å². The summed E-state index contributed by atoms with van der Waals surface area (Å²) in [5, 5.41) is 0.938. The zero-order valence-corrected chi connectivity index (χ0v) is 18.0. The number of pyridine rings is 1. The number of fused-ring (bicyclic) bond motifs is 1. The van der Waals surface area contributed by atoms with E-state index in [1.54, 1.807) is 24.1 Å². The first-order valence-corrected chi connectivity index (χ1v) is 11.3. The molecule has 3 aromatic rings. The van der Waals surface area contributed by atoms with E-state index in [1.807, 2.05) is 44.3 Å². The molecule has 0 saturated heterocycles. The smallest absolute Gasteiger partial charge is 0.301 e. The summed E-state index contributed by atoms with van der Waals surface area (Å²) >= 11 is 0. The summed E-state index contributed by atoms with van der Waals surface area (Å²) in [6.45, 7) is 3.63. The molecule has 0 unspecified atom stereocenters. The van der Waals surface area contributed by atoms with E-state index in [0.717, 1.165) is 35.8 Å². The first-order valence-electron chi connectivity index (χ1n) is 9.88. The molecule has 9 heteroatoms. The highest BCUT2D eigenvalue weighted by molar-refractivity contribution is 7.90. The van der Waals surface area contributed by atoms with Crippen molar-refractivity contribution in [2.24, 2.45) is 0 Å². The number of benzene rings is 1. The second-order valence-electron chi connectivity index (χ2n) is 7.81. The molecule has 0 atom stereocenters. The standard InChI is InChI=1S/C21H25N5O3S/c1-14(2)25(3)30(28,29)24-16-6-4-15(5-7-16)19-12-20(26(13-27)17-8-9-17)23-21-18(19)10-11-22-21/h4-7,10-14,17,24H,8-9H2,1-3H3,(H,22,23). The number of carbonyl (C=O) groups excluding carboxylic acids is 1. The van der Waals surface area contributed by atoms with Gasteiger partial charge in [0, 0.05) is 36.4 Å².